The van der Waals surface area contributed by atoms with Crippen LogP contribution in [0.15, 0.2) is 33.9 Å². The normalized spacial score (nSPS) is 18.5. The van der Waals surface area contributed by atoms with Gasteiger partial charge in [0.2, 0.25) is 5.95 Å². The number of nitrogens with one attached hydrogen (secondary N) is 1. The van der Waals surface area contributed by atoms with E-state index in [1.54, 1.807) is 25.8 Å². The summed E-state index contributed by atoms with van der Waals surface area (Å²) in [6.45, 7) is 0.137. The molecule has 0 amide bonds. The molecule has 1 aromatic carbocycles. The Kier molecular flexibility index (Phi) is 5.04. The Hall–Kier alpha value is -3.53. The third-order valence-electron chi connectivity index (χ3n) is 6.77. The number of aliphatic hydroxyl groups excluding tert-OH is 1. The van der Waals surface area contributed by atoms with Gasteiger partial charge in [-0.05, 0) is 43.5 Å². The fourth-order valence-electron chi connectivity index (χ4n) is 4.81. The molecule has 2 N–H and O–H groups in total. The van der Waals surface area contributed by atoms with E-state index in [0.717, 1.165) is 35.2 Å². The van der Waals surface area contributed by atoms with Gasteiger partial charge in [0.25, 0.3) is 5.56 Å². The molecule has 2 unspecified atom stereocenters. The number of hydrogen-bond acceptors (Lipinski definition) is 6. The van der Waals surface area contributed by atoms with Crippen molar-refractivity contribution in [2.24, 2.45) is 21.1 Å². The van der Waals surface area contributed by atoms with Crippen molar-refractivity contribution in [1.82, 2.24) is 23.3 Å². The van der Waals surface area contributed by atoms with Crippen LogP contribution in [-0.4, -0.2) is 47.6 Å². The minimum atomic E-state index is -0.420. The van der Waals surface area contributed by atoms with E-state index in [1.165, 1.54) is 9.13 Å². The number of aryl methyl sites for hydroxylation is 3. The monoisotopic (exact) mass is 452 g/mol. The molecule has 10 heteroatoms. The SMILES string of the molecule is COc1ccc2c(c1)cc(Cn1c(=O)c3c(nc(NC4CCC(O)C4)n3C)n(C)c1=O)n2C. The van der Waals surface area contributed by atoms with Crippen LogP contribution in [0.25, 0.3) is 22.1 Å². The van der Waals surface area contributed by atoms with Crippen LogP contribution >= 0.6 is 0 Å². The zero-order valence-corrected chi connectivity index (χ0v) is 19.2. The topological polar surface area (TPSA) is 108 Å². The standard InChI is InChI=1S/C23H28N6O4/c1-26-15(9-13-10-17(33-4)7-8-18(13)26)12-29-21(31)19-20(28(3)23(29)32)25-22(27(19)2)24-14-5-6-16(30)11-14/h7-10,14,16,30H,5-6,11-12H2,1-4H3,(H,24,25). The van der Waals surface area contributed by atoms with Gasteiger partial charge >= 0.3 is 5.69 Å². The van der Waals surface area contributed by atoms with Gasteiger partial charge < -0.3 is 24.3 Å². The van der Waals surface area contributed by atoms with Crippen molar-refractivity contribution in [2.75, 3.05) is 12.4 Å². The molecule has 33 heavy (non-hydrogen) atoms. The lowest BCUT2D eigenvalue weighted by atomic mass is 10.2. The third-order valence-corrected chi connectivity index (χ3v) is 6.77. The molecule has 0 radical (unpaired) electrons. The van der Waals surface area contributed by atoms with Crippen LogP contribution in [0.3, 0.4) is 0 Å². The van der Waals surface area contributed by atoms with Gasteiger partial charge in [-0.15, -0.1) is 0 Å². The number of aromatic nitrogens is 5. The first-order valence-corrected chi connectivity index (χ1v) is 11.0. The van der Waals surface area contributed by atoms with Gasteiger partial charge in [0.05, 0.1) is 19.8 Å². The zero-order chi connectivity index (χ0) is 23.4. The lowest BCUT2D eigenvalue weighted by Gasteiger charge is -2.12. The number of anilines is 1. The Morgan fingerprint density at radius 1 is 1.12 bits per heavy atom. The number of imidazole rings is 1. The molecule has 4 aromatic rings. The minimum Gasteiger partial charge on any atom is -0.497 e. The number of benzene rings is 1. The summed E-state index contributed by atoms with van der Waals surface area (Å²) in [6, 6.07) is 7.83. The summed E-state index contributed by atoms with van der Waals surface area (Å²) in [7, 11) is 6.93. The first-order valence-electron chi connectivity index (χ1n) is 11.0. The molecule has 10 nitrogen and oxygen atoms in total. The maximum Gasteiger partial charge on any atom is 0.332 e. The Balaban J connectivity index is 1.58. The minimum absolute atomic E-state index is 0.0857. The predicted molar refractivity (Wildman–Crippen MR) is 126 cm³/mol. The maximum absolute atomic E-state index is 13.4. The number of fused-ring (bicyclic) bond motifs is 2. The summed E-state index contributed by atoms with van der Waals surface area (Å²) < 4.78 is 11.7. The van der Waals surface area contributed by atoms with E-state index in [-0.39, 0.29) is 24.2 Å². The van der Waals surface area contributed by atoms with Crippen LogP contribution in [0.1, 0.15) is 25.0 Å². The van der Waals surface area contributed by atoms with E-state index in [2.05, 4.69) is 10.3 Å². The summed E-state index contributed by atoms with van der Waals surface area (Å²) in [5.41, 5.74) is 1.71. The van der Waals surface area contributed by atoms with Crippen LogP contribution in [-0.2, 0) is 27.7 Å². The molecule has 0 spiro atoms. The number of aliphatic hydroxyl groups is 1. The fourth-order valence-corrected chi connectivity index (χ4v) is 4.81. The summed E-state index contributed by atoms with van der Waals surface area (Å²) in [6.07, 6.45) is 1.89. The molecule has 1 aliphatic rings. The van der Waals surface area contributed by atoms with Gasteiger partial charge in [-0.3, -0.25) is 13.9 Å². The smallest absolute Gasteiger partial charge is 0.332 e. The van der Waals surface area contributed by atoms with Crippen molar-refractivity contribution in [1.29, 1.82) is 0 Å². The molecule has 0 aliphatic heterocycles. The molecule has 0 bridgehead atoms. The van der Waals surface area contributed by atoms with Crippen LogP contribution in [0.5, 0.6) is 5.75 Å². The van der Waals surface area contributed by atoms with E-state index in [4.69, 9.17) is 4.74 Å². The highest BCUT2D eigenvalue weighted by atomic mass is 16.5. The van der Waals surface area contributed by atoms with Gasteiger partial charge in [-0.1, -0.05) is 0 Å². The number of methoxy groups -OCH3 is 1. The first-order chi connectivity index (χ1) is 15.8. The van der Waals surface area contributed by atoms with Gasteiger partial charge in [0.1, 0.15) is 5.75 Å². The lowest BCUT2D eigenvalue weighted by Crippen LogP contribution is -2.40. The van der Waals surface area contributed by atoms with E-state index in [9.17, 15) is 14.7 Å². The van der Waals surface area contributed by atoms with Crippen LogP contribution < -0.4 is 21.3 Å². The second-order valence-electron chi connectivity index (χ2n) is 8.83. The van der Waals surface area contributed by atoms with Crippen molar-refractivity contribution in [2.45, 2.75) is 38.0 Å². The molecule has 174 valence electrons. The predicted octanol–water partition coefficient (Wildman–Crippen LogP) is 1.31. The number of rotatable bonds is 5. The molecular weight excluding hydrogens is 424 g/mol. The highest BCUT2D eigenvalue weighted by molar-refractivity contribution is 5.83. The van der Waals surface area contributed by atoms with Crippen molar-refractivity contribution in [3.8, 4) is 5.75 Å². The maximum atomic E-state index is 13.4. The molecule has 1 aliphatic carbocycles. The first kappa shape index (κ1) is 21.3. The second kappa shape index (κ2) is 7.80. The molecule has 0 saturated heterocycles. The Morgan fingerprint density at radius 3 is 2.61 bits per heavy atom. The Labute approximate surface area is 189 Å². The van der Waals surface area contributed by atoms with Gasteiger partial charge in [-0.25, -0.2) is 4.79 Å². The number of ether oxygens (including phenoxy) is 1. The highest BCUT2D eigenvalue weighted by Crippen LogP contribution is 2.25. The molecule has 1 fully saturated rings. The molecule has 3 heterocycles. The average molecular weight is 453 g/mol. The number of nitrogens with zero attached hydrogens (tertiary/aromatic N) is 5. The zero-order valence-electron chi connectivity index (χ0n) is 19.2. The van der Waals surface area contributed by atoms with Crippen molar-refractivity contribution < 1.29 is 9.84 Å². The van der Waals surface area contributed by atoms with Crippen molar-refractivity contribution in [3.05, 3.63) is 50.8 Å². The van der Waals surface area contributed by atoms with E-state index >= 15 is 0 Å². The molecular formula is C23H28N6O4. The second-order valence-corrected chi connectivity index (χ2v) is 8.83. The lowest BCUT2D eigenvalue weighted by molar-refractivity contribution is 0.182. The van der Waals surface area contributed by atoms with Crippen LogP contribution in [0.4, 0.5) is 5.95 Å². The summed E-state index contributed by atoms with van der Waals surface area (Å²) >= 11 is 0. The van der Waals surface area contributed by atoms with Gasteiger partial charge in [0, 0.05) is 43.8 Å². The van der Waals surface area contributed by atoms with E-state index < -0.39 is 5.69 Å². The largest absolute Gasteiger partial charge is 0.497 e. The average Bonchev–Trinajstić information content (AvgIpc) is 3.45. The molecule has 2 atom stereocenters. The van der Waals surface area contributed by atoms with E-state index in [1.807, 2.05) is 35.9 Å². The third kappa shape index (κ3) is 3.41. The molecule has 3 aromatic heterocycles. The summed E-state index contributed by atoms with van der Waals surface area (Å²) in [5, 5.41) is 14.1. The fraction of sp³-hybridized carbons (Fsp3) is 0.435. The van der Waals surface area contributed by atoms with Crippen molar-refractivity contribution >= 4 is 28.0 Å². The molecule has 1 saturated carbocycles. The molecule has 5 rings (SSSR count). The number of hydrogen-bond donors (Lipinski definition) is 2. The summed E-state index contributed by atoms with van der Waals surface area (Å²) in [5.74, 6) is 1.27. The summed E-state index contributed by atoms with van der Waals surface area (Å²) in [4.78, 5) is 31.1. The van der Waals surface area contributed by atoms with Crippen LogP contribution in [0.2, 0.25) is 0 Å². The highest BCUT2D eigenvalue weighted by Gasteiger charge is 2.25. The Bertz CT molecular complexity index is 1490. The van der Waals surface area contributed by atoms with Gasteiger partial charge in [0.15, 0.2) is 11.2 Å². The Morgan fingerprint density at radius 2 is 1.91 bits per heavy atom. The van der Waals surface area contributed by atoms with E-state index in [0.29, 0.717) is 23.5 Å². The quantitative estimate of drug-likeness (QED) is 0.473. The van der Waals surface area contributed by atoms with Crippen LogP contribution in [0, 0.1) is 0 Å². The van der Waals surface area contributed by atoms with Crippen molar-refractivity contribution in [3.63, 3.8) is 0 Å². The van der Waals surface area contributed by atoms with Gasteiger partial charge in [-0.2, -0.15) is 4.98 Å².